The number of likely N-dealkylation sites (tertiary alicyclic amines) is 1. The molecule has 6 rings (SSSR count). The second kappa shape index (κ2) is 22.6. The monoisotopic (exact) mass is 831 g/mol. The summed E-state index contributed by atoms with van der Waals surface area (Å²) in [5.74, 6) is -0.880. The number of carbonyl (C=O) groups is 5. The maximum Gasteiger partial charge on any atom is 0.410 e. The number of ether oxygens (including phenoxy) is 3. The van der Waals surface area contributed by atoms with Crippen molar-refractivity contribution >= 4 is 29.8 Å². The fourth-order valence-corrected chi connectivity index (χ4v) is 7.70. The molecule has 1 heterocycles. The van der Waals surface area contributed by atoms with Gasteiger partial charge in [0.1, 0.15) is 36.9 Å². The zero-order valence-electron chi connectivity index (χ0n) is 36.1. The van der Waals surface area contributed by atoms with Crippen LogP contribution in [0.25, 0.3) is 0 Å². The number of esters is 2. The SMILES string of the molecule is C[C@H](NC(=O)[C@@H]1CCC[C@H](c2ccccc2)C1)C(=O)OCc1ccccc1.C[C@H](NC(=O)[C@H]1C[C@@H](c2ccccc2)CCN1C(=O)OC(C)(C)C)C(=O)OCc1ccccc1. The van der Waals surface area contributed by atoms with Gasteiger partial charge in [0.05, 0.1) is 0 Å². The molecule has 1 aliphatic carbocycles. The number of benzene rings is 4. The Morgan fingerprint density at radius 1 is 0.607 bits per heavy atom. The van der Waals surface area contributed by atoms with Gasteiger partial charge < -0.3 is 24.8 Å². The molecular formula is C50H61N3O8. The minimum atomic E-state index is -0.853. The molecule has 1 aliphatic heterocycles. The first-order valence-corrected chi connectivity index (χ1v) is 21.4. The van der Waals surface area contributed by atoms with Gasteiger partial charge in [-0.1, -0.05) is 128 Å². The maximum absolute atomic E-state index is 13.3. The van der Waals surface area contributed by atoms with Gasteiger partial charge in [0, 0.05) is 12.5 Å². The lowest BCUT2D eigenvalue weighted by molar-refractivity contribution is -0.149. The molecule has 3 amide bonds. The zero-order chi connectivity index (χ0) is 43.8. The summed E-state index contributed by atoms with van der Waals surface area (Å²) in [6.07, 6.45) is 4.50. The Morgan fingerprint density at radius 2 is 1.05 bits per heavy atom. The van der Waals surface area contributed by atoms with Crippen LogP contribution in [0.2, 0.25) is 0 Å². The fraction of sp³-hybridized carbons (Fsp3) is 0.420. The molecule has 61 heavy (non-hydrogen) atoms. The van der Waals surface area contributed by atoms with E-state index in [0.717, 1.165) is 48.8 Å². The first-order valence-electron chi connectivity index (χ1n) is 21.4. The van der Waals surface area contributed by atoms with Crippen LogP contribution in [0.1, 0.15) is 107 Å². The minimum Gasteiger partial charge on any atom is -0.459 e. The van der Waals surface area contributed by atoms with E-state index in [0.29, 0.717) is 18.9 Å². The average Bonchev–Trinajstić information content (AvgIpc) is 3.28. The van der Waals surface area contributed by atoms with Crippen LogP contribution in [0.15, 0.2) is 121 Å². The molecule has 6 atom stereocenters. The van der Waals surface area contributed by atoms with Crippen molar-refractivity contribution in [3.8, 4) is 0 Å². The molecular weight excluding hydrogens is 771 g/mol. The van der Waals surface area contributed by atoms with Gasteiger partial charge in [-0.2, -0.15) is 0 Å². The van der Waals surface area contributed by atoms with Crippen LogP contribution >= 0.6 is 0 Å². The van der Waals surface area contributed by atoms with Crippen molar-refractivity contribution in [2.75, 3.05) is 6.54 Å². The molecule has 0 unspecified atom stereocenters. The maximum atomic E-state index is 13.3. The van der Waals surface area contributed by atoms with Crippen molar-refractivity contribution in [3.05, 3.63) is 144 Å². The lowest BCUT2D eigenvalue weighted by Gasteiger charge is -2.39. The Bertz CT molecular complexity index is 2010. The lowest BCUT2D eigenvalue weighted by Crippen LogP contribution is -2.56. The van der Waals surface area contributed by atoms with E-state index in [1.54, 1.807) is 34.6 Å². The Kier molecular flexibility index (Phi) is 17.1. The van der Waals surface area contributed by atoms with Crippen molar-refractivity contribution in [3.63, 3.8) is 0 Å². The van der Waals surface area contributed by atoms with Gasteiger partial charge in [-0.3, -0.25) is 14.5 Å². The number of rotatable bonds is 12. The van der Waals surface area contributed by atoms with Crippen molar-refractivity contribution in [1.29, 1.82) is 0 Å². The van der Waals surface area contributed by atoms with Gasteiger partial charge in [0.25, 0.3) is 0 Å². The number of piperidine rings is 1. The predicted molar refractivity (Wildman–Crippen MR) is 234 cm³/mol. The standard InChI is InChI=1S/C27H34N2O5.C23H27NO3/c1-19(25(31)33-18-20-11-7-5-8-12-20)28-24(30)23-17-22(21-13-9-6-10-14-21)15-16-29(23)26(32)34-27(2,3)4;1-17(23(26)27-16-18-9-4-2-5-10-18)24-22(25)21-14-8-13-20(15-21)19-11-6-3-7-12-19/h5-14,19,22-23H,15-18H2,1-4H3,(H,28,30);2-7,9-12,17,20-21H,8,13-16H2,1H3,(H,24,25)/t19-,22-,23+;17-,20-,21+/m00/s1. The molecule has 324 valence electrons. The molecule has 11 nitrogen and oxygen atoms in total. The molecule has 1 saturated heterocycles. The topological polar surface area (TPSA) is 140 Å². The average molecular weight is 832 g/mol. The third kappa shape index (κ3) is 14.6. The van der Waals surface area contributed by atoms with E-state index >= 15 is 0 Å². The normalized spacial score (nSPS) is 19.7. The summed E-state index contributed by atoms with van der Waals surface area (Å²) in [7, 11) is 0. The van der Waals surface area contributed by atoms with E-state index in [4.69, 9.17) is 14.2 Å². The number of nitrogens with one attached hydrogen (secondary N) is 2. The highest BCUT2D eigenvalue weighted by Crippen LogP contribution is 2.36. The molecule has 1 saturated carbocycles. The van der Waals surface area contributed by atoms with E-state index < -0.39 is 47.7 Å². The van der Waals surface area contributed by atoms with Crippen molar-refractivity contribution in [1.82, 2.24) is 15.5 Å². The molecule has 4 aromatic rings. The van der Waals surface area contributed by atoms with Crippen molar-refractivity contribution in [2.45, 2.75) is 122 Å². The number of hydrogen-bond donors (Lipinski definition) is 2. The largest absolute Gasteiger partial charge is 0.459 e. The molecule has 0 spiro atoms. The lowest BCUT2D eigenvalue weighted by atomic mass is 9.77. The molecule has 11 heteroatoms. The molecule has 4 aromatic carbocycles. The smallest absolute Gasteiger partial charge is 0.410 e. The minimum absolute atomic E-state index is 0.0419. The van der Waals surface area contributed by atoms with Gasteiger partial charge >= 0.3 is 18.0 Å². The summed E-state index contributed by atoms with van der Waals surface area (Å²) >= 11 is 0. The first kappa shape index (κ1) is 46.1. The second-order valence-corrected chi connectivity index (χ2v) is 16.9. The number of nitrogens with zero attached hydrogens (tertiary/aromatic N) is 1. The highest BCUT2D eigenvalue weighted by molar-refractivity contribution is 5.90. The van der Waals surface area contributed by atoms with Gasteiger partial charge in [0.2, 0.25) is 11.8 Å². The quantitative estimate of drug-likeness (QED) is 0.107. The molecule has 2 fully saturated rings. The van der Waals surface area contributed by atoms with E-state index in [9.17, 15) is 24.0 Å². The summed E-state index contributed by atoms with van der Waals surface area (Å²) in [4.78, 5) is 64.9. The predicted octanol–water partition coefficient (Wildman–Crippen LogP) is 8.63. The number of hydrogen-bond acceptors (Lipinski definition) is 8. The van der Waals surface area contributed by atoms with E-state index in [1.165, 1.54) is 10.5 Å². The number of amides is 3. The van der Waals surface area contributed by atoms with Crippen molar-refractivity contribution in [2.24, 2.45) is 5.92 Å². The van der Waals surface area contributed by atoms with Crippen LogP contribution in [0.4, 0.5) is 4.79 Å². The molecule has 0 aromatic heterocycles. The summed E-state index contributed by atoms with van der Waals surface area (Å²) in [5.41, 5.74) is 3.54. The van der Waals surface area contributed by atoms with Gasteiger partial charge in [-0.05, 0) is 101 Å². The van der Waals surface area contributed by atoms with Crippen LogP contribution in [-0.2, 0) is 46.6 Å². The van der Waals surface area contributed by atoms with Crippen LogP contribution in [0, 0.1) is 5.92 Å². The van der Waals surface area contributed by atoms with Gasteiger partial charge in [-0.25, -0.2) is 14.4 Å². The van der Waals surface area contributed by atoms with Crippen LogP contribution in [0.5, 0.6) is 0 Å². The Balaban J connectivity index is 0.000000237. The van der Waals surface area contributed by atoms with Gasteiger partial charge in [0.15, 0.2) is 0 Å². The summed E-state index contributed by atoms with van der Waals surface area (Å²) < 4.78 is 16.2. The molecule has 0 radical (unpaired) electrons. The summed E-state index contributed by atoms with van der Waals surface area (Å²) in [5, 5.41) is 5.59. The Hall–Kier alpha value is -5.97. The summed E-state index contributed by atoms with van der Waals surface area (Å²) in [6.45, 7) is 9.38. The van der Waals surface area contributed by atoms with E-state index in [1.807, 2.05) is 109 Å². The van der Waals surface area contributed by atoms with Crippen LogP contribution < -0.4 is 10.6 Å². The molecule has 2 N–H and O–H groups in total. The molecule has 2 aliphatic rings. The summed E-state index contributed by atoms with van der Waals surface area (Å²) in [6, 6.07) is 37.0. The third-order valence-corrected chi connectivity index (χ3v) is 11.0. The highest BCUT2D eigenvalue weighted by atomic mass is 16.6. The Morgan fingerprint density at radius 3 is 1.52 bits per heavy atom. The third-order valence-electron chi connectivity index (χ3n) is 11.0. The fourth-order valence-electron chi connectivity index (χ4n) is 7.70. The highest BCUT2D eigenvalue weighted by Gasteiger charge is 2.39. The molecule has 0 bridgehead atoms. The van der Waals surface area contributed by atoms with Crippen LogP contribution in [0.3, 0.4) is 0 Å². The first-order chi connectivity index (χ1) is 29.3. The second-order valence-electron chi connectivity index (χ2n) is 16.9. The van der Waals surface area contributed by atoms with Crippen molar-refractivity contribution < 1.29 is 38.2 Å². The number of carbonyl (C=O) groups excluding carboxylic acids is 5. The van der Waals surface area contributed by atoms with E-state index in [2.05, 4.69) is 22.8 Å². The zero-order valence-corrected chi connectivity index (χ0v) is 36.1. The van der Waals surface area contributed by atoms with E-state index in [-0.39, 0.29) is 31.0 Å². The van der Waals surface area contributed by atoms with Crippen LogP contribution in [-0.4, -0.2) is 65.0 Å². The Labute approximate surface area is 360 Å². The van der Waals surface area contributed by atoms with Gasteiger partial charge in [-0.15, -0.1) is 0 Å².